The summed E-state index contributed by atoms with van der Waals surface area (Å²) in [7, 11) is -0.497. The Morgan fingerprint density at radius 3 is 2.64 bits per heavy atom. The van der Waals surface area contributed by atoms with Crippen LogP contribution < -0.4 is 9.21 Å². The second-order valence-electron chi connectivity index (χ2n) is 7.60. The molecule has 0 atom stereocenters. The van der Waals surface area contributed by atoms with E-state index in [1.807, 2.05) is 12.1 Å². The molecule has 0 spiro atoms. The summed E-state index contributed by atoms with van der Waals surface area (Å²) in [5, 5.41) is 19.0. The monoisotopic (exact) mass is 465 g/mol. The number of aromatic nitrogens is 2. The molecule has 33 heavy (non-hydrogen) atoms. The third kappa shape index (κ3) is 4.33. The SMILES string of the molecule is COCCN(C)c1nc(-c2cccc(O)c2)c2c(n1)N(S(=O)(=O)c1ccc(C#N)cc1)CC2. The molecule has 2 heterocycles. The number of rotatable bonds is 7. The molecule has 4 rings (SSSR count). The number of nitriles is 1. The standard InChI is InChI=1S/C23H23N5O4S/c1-27(12-13-32-2)23-25-21(17-4-3-5-18(29)14-17)20-10-11-28(22(20)26-23)33(30,31)19-8-6-16(15-24)7-9-19/h3-9,14,29H,10-13H2,1-2H3. The van der Waals surface area contributed by atoms with Crippen LogP contribution in [0.2, 0.25) is 0 Å². The number of ether oxygens (including phenoxy) is 1. The number of benzene rings is 2. The van der Waals surface area contributed by atoms with Crippen LogP contribution >= 0.6 is 0 Å². The molecule has 0 bridgehead atoms. The van der Waals surface area contributed by atoms with Crippen LogP contribution in [0.4, 0.5) is 11.8 Å². The minimum atomic E-state index is -3.90. The highest BCUT2D eigenvalue weighted by Gasteiger charge is 2.35. The quantitative estimate of drug-likeness (QED) is 0.565. The van der Waals surface area contributed by atoms with Crippen molar-refractivity contribution in [3.8, 4) is 23.1 Å². The number of nitrogens with zero attached hydrogens (tertiary/aromatic N) is 5. The first-order valence-corrected chi connectivity index (χ1v) is 11.7. The van der Waals surface area contributed by atoms with E-state index in [2.05, 4.69) is 4.98 Å². The number of likely N-dealkylation sites (N-methyl/N-ethyl adjacent to an activating group) is 1. The largest absolute Gasteiger partial charge is 0.508 e. The van der Waals surface area contributed by atoms with Crippen molar-refractivity contribution in [3.05, 3.63) is 59.7 Å². The fourth-order valence-corrected chi connectivity index (χ4v) is 5.11. The van der Waals surface area contributed by atoms with E-state index in [9.17, 15) is 13.5 Å². The minimum absolute atomic E-state index is 0.0844. The van der Waals surface area contributed by atoms with Gasteiger partial charge in [0, 0.05) is 38.4 Å². The molecule has 0 radical (unpaired) electrons. The Labute approximate surface area is 192 Å². The molecule has 3 aromatic rings. The number of aromatic hydroxyl groups is 1. The maximum absolute atomic E-state index is 13.5. The van der Waals surface area contributed by atoms with Gasteiger partial charge in [-0.1, -0.05) is 12.1 Å². The normalized spacial score (nSPS) is 12.9. The molecule has 0 saturated carbocycles. The zero-order chi connectivity index (χ0) is 23.6. The van der Waals surface area contributed by atoms with Crippen LogP contribution in [-0.2, 0) is 21.2 Å². The van der Waals surface area contributed by atoms with E-state index in [4.69, 9.17) is 15.0 Å². The van der Waals surface area contributed by atoms with Crippen LogP contribution in [-0.4, -0.2) is 57.3 Å². The number of fused-ring (bicyclic) bond motifs is 1. The van der Waals surface area contributed by atoms with Gasteiger partial charge in [0.15, 0.2) is 5.82 Å². The molecule has 2 aromatic carbocycles. The lowest BCUT2D eigenvalue weighted by atomic mass is 10.1. The molecule has 0 saturated heterocycles. The smallest absolute Gasteiger partial charge is 0.265 e. The average molecular weight is 466 g/mol. The Morgan fingerprint density at radius 2 is 1.97 bits per heavy atom. The second kappa shape index (κ2) is 9.05. The third-order valence-corrected chi connectivity index (χ3v) is 7.24. The van der Waals surface area contributed by atoms with Gasteiger partial charge >= 0.3 is 0 Å². The van der Waals surface area contributed by atoms with E-state index in [-0.39, 0.29) is 17.2 Å². The first-order valence-electron chi connectivity index (χ1n) is 10.3. The number of methoxy groups -OCH3 is 1. The van der Waals surface area contributed by atoms with E-state index in [1.165, 1.54) is 28.6 Å². The lowest BCUT2D eigenvalue weighted by Crippen LogP contribution is -2.30. The van der Waals surface area contributed by atoms with Gasteiger partial charge in [-0.15, -0.1) is 0 Å². The maximum Gasteiger partial charge on any atom is 0.265 e. The summed E-state index contributed by atoms with van der Waals surface area (Å²) in [6, 6.07) is 14.5. The topological polar surface area (TPSA) is 120 Å². The molecule has 1 aromatic heterocycles. The van der Waals surface area contributed by atoms with Crippen molar-refractivity contribution >= 4 is 21.8 Å². The molecule has 1 aliphatic heterocycles. The summed E-state index contributed by atoms with van der Waals surface area (Å²) in [4.78, 5) is 11.2. The lowest BCUT2D eigenvalue weighted by molar-refractivity contribution is 0.206. The zero-order valence-corrected chi connectivity index (χ0v) is 19.1. The predicted molar refractivity (Wildman–Crippen MR) is 124 cm³/mol. The van der Waals surface area contributed by atoms with E-state index < -0.39 is 10.0 Å². The van der Waals surface area contributed by atoms with Gasteiger partial charge in [0.25, 0.3) is 10.0 Å². The van der Waals surface area contributed by atoms with Crippen molar-refractivity contribution in [2.45, 2.75) is 11.3 Å². The van der Waals surface area contributed by atoms with Gasteiger partial charge in [-0.25, -0.2) is 17.7 Å². The van der Waals surface area contributed by atoms with Crippen molar-refractivity contribution in [2.24, 2.45) is 0 Å². The van der Waals surface area contributed by atoms with Crippen LogP contribution in [0.15, 0.2) is 53.4 Å². The van der Waals surface area contributed by atoms with Crippen molar-refractivity contribution < 1.29 is 18.3 Å². The summed E-state index contributed by atoms with van der Waals surface area (Å²) in [5.41, 5.74) is 2.33. The zero-order valence-electron chi connectivity index (χ0n) is 18.3. The third-order valence-electron chi connectivity index (χ3n) is 5.44. The Kier molecular flexibility index (Phi) is 6.18. The Morgan fingerprint density at radius 1 is 1.21 bits per heavy atom. The van der Waals surface area contributed by atoms with E-state index in [0.29, 0.717) is 53.7 Å². The molecule has 0 fully saturated rings. The Balaban J connectivity index is 1.84. The first kappa shape index (κ1) is 22.5. The molecule has 170 valence electrons. The molecule has 0 aliphatic carbocycles. The van der Waals surface area contributed by atoms with E-state index in [1.54, 1.807) is 37.3 Å². The predicted octanol–water partition coefficient (Wildman–Crippen LogP) is 2.55. The Bertz CT molecular complexity index is 1320. The van der Waals surface area contributed by atoms with Gasteiger partial charge in [-0.2, -0.15) is 10.2 Å². The Hall–Kier alpha value is -3.68. The van der Waals surface area contributed by atoms with Gasteiger partial charge in [0.1, 0.15) is 5.75 Å². The van der Waals surface area contributed by atoms with Crippen LogP contribution in [0.25, 0.3) is 11.3 Å². The van der Waals surface area contributed by atoms with Crippen molar-refractivity contribution in [1.29, 1.82) is 5.26 Å². The highest BCUT2D eigenvalue weighted by molar-refractivity contribution is 7.92. The molecule has 10 heteroatoms. The van der Waals surface area contributed by atoms with Crippen LogP contribution in [0.3, 0.4) is 0 Å². The van der Waals surface area contributed by atoms with Gasteiger partial charge in [0.2, 0.25) is 5.95 Å². The van der Waals surface area contributed by atoms with E-state index >= 15 is 0 Å². The summed E-state index contributed by atoms with van der Waals surface area (Å²) in [5.74, 6) is 0.757. The number of anilines is 2. The number of hydrogen-bond donors (Lipinski definition) is 1. The summed E-state index contributed by atoms with van der Waals surface area (Å²) < 4.78 is 33.4. The summed E-state index contributed by atoms with van der Waals surface area (Å²) in [6.07, 6.45) is 0.428. The minimum Gasteiger partial charge on any atom is -0.508 e. The van der Waals surface area contributed by atoms with Gasteiger partial charge < -0.3 is 14.7 Å². The van der Waals surface area contributed by atoms with E-state index in [0.717, 1.165) is 0 Å². The number of phenolic OH excluding ortho intramolecular Hbond substituents is 1. The van der Waals surface area contributed by atoms with Crippen molar-refractivity contribution in [3.63, 3.8) is 0 Å². The lowest BCUT2D eigenvalue weighted by Gasteiger charge is -2.22. The van der Waals surface area contributed by atoms with Crippen molar-refractivity contribution in [2.75, 3.05) is 43.1 Å². The molecule has 1 aliphatic rings. The van der Waals surface area contributed by atoms with Crippen LogP contribution in [0, 0.1) is 11.3 Å². The molecule has 0 amide bonds. The van der Waals surface area contributed by atoms with Gasteiger partial charge in [0.05, 0.1) is 28.8 Å². The summed E-state index contributed by atoms with van der Waals surface area (Å²) in [6.45, 7) is 1.17. The average Bonchev–Trinajstić information content (AvgIpc) is 3.27. The fourth-order valence-electron chi connectivity index (χ4n) is 3.67. The number of phenols is 1. The highest BCUT2D eigenvalue weighted by Crippen LogP contribution is 2.38. The second-order valence-corrected chi connectivity index (χ2v) is 9.46. The molecular weight excluding hydrogens is 442 g/mol. The van der Waals surface area contributed by atoms with Gasteiger partial charge in [-0.05, 0) is 42.8 Å². The molecule has 0 unspecified atom stereocenters. The maximum atomic E-state index is 13.5. The van der Waals surface area contributed by atoms with Crippen LogP contribution in [0.1, 0.15) is 11.1 Å². The highest BCUT2D eigenvalue weighted by atomic mass is 32.2. The summed E-state index contributed by atoms with van der Waals surface area (Å²) >= 11 is 0. The number of hydrogen-bond acceptors (Lipinski definition) is 8. The molecular formula is C23H23N5O4S. The number of sulfonamides is 1. The van der Waals surface area contributed by atoms with Gasteiger partial charge in [-0.3, -0.25) is 0 Å². The first-order chi connectivity index (χ1) is 15.8. The fraction of sp³-hybridized carbons (Fsp3) is 0.261. The van der Waals surface area contributed by atoms with Crippen molar-refractivity contribution in [1.82, 2.24) is 9.97 Å². The molecule has 9 nitrogen and oxygen atoms in total. The molecule has 1 N–H and O–H groups in total. The van der Waals surface area contributed by atoms with Crippen LogP contribution in [0.5, 0.6) is 5.75 Å².